The van der Waals surface area contributed by atoms with Crippen LogP contribution in [-0.4, -0.2) is 70.7 Å². The Labute approximate surface area is 167 Å². The van der Waals surface area contributed by atoms with Crippen LogP contribution < -0.4 is 10.5 Å². The van der Waals surface area contributed by atoms with Crippen LogP contribution in [0.3, 0.4) is 0 Å². The molecule has 2 heterocycles. The second kappa shape index (κ2) is 8.43. The largest absolute Gasteiger partial charge is 0.491 e. The van der Waals surface area contributed by atoms with Crippen LogP contribution in [0.2, 0.25) is 0 Å². The van der Waals surface area contributed by atoms with E-state index in [1.165, 1.54) is 5.70 Å². The summed E-state index contributed by atoms with van der Waals surface area (Å²) in [4.78, 5) is 18.4. The standard InChI is InChI=1S/C20H24ClN3O4/c21-14-1-3-15(4-2-14)24-9-7-23(8-10-24)12-16(25)13-27-17-5-6-18-19(11-17)28-20(26)22-18/h1,3-6,11,14,16,25H,2,7-10,12-13H2,(H,22,26)/t14?,16-/m0/s1. The van der Waals surface area contributed by atoms with Crippen molar-refractivity contribution in [3.8, 4) is 5.75 Å². The van der Waals surface area contributed by atoms with Crippen molar-refractivity contribution in [2.75, 3.05) is 39.3 Å². The number of nitrogens with one attached hydrogen (secondary N) is 1. The molecule has 4 rings (SSSR count). The number of aromatic nitrogens is 1. The van der Waals surface area contributed by atoms with Gasteiger partial charge in [0.15, 0.2) is 5.58 Å². The van der Waals surface area contributed by atoms with Gasteiger partial charge in [0.1, 0.15) is 18.5 Å². The number of aliphatic hydroxyl groups excluding tert-OH is 1. The summed E-state index contributed by atoms with van der Waals surface area (Å²) in [6.07, 6.45) is 6.62. The van der Waals surface area contributed by atoms with Crippen LogP contribution in [0, 0.1) is 0 Å². The van der Waals surface area contributed by atoms with Gasteiger partial charge in [0.2, 0.25) is 0 Å². The van der Waals surface area contributed by atoms with Crippen LogP contribution in [-0.2, 0) is 0 Å². The first-order valence-electron chi connectivity index (χ1n) is 9.50. The predicted octanol–water partition coefficient (Wildman–Crippen LogP) is 1.93. The number of aliphatic hydroxyl groups is 1. The molecule has 0 amide bonds. The fourth-order valence-corrected chi connectivity index (χ4v) is 3.73. The van der Waals surface area contributed by atoms with E-state index in [0.29, 0.717) is 23.4 Å². The number of benzene rings is 1. The third kappa shape index (κ3) is 4.60. The number of alkyl halides is 1. The number of nitrogens with zero attached hydrogens (tertiary/aromatic N) is 2. The van der Waals surface area contributed by atoms with E-state index in [4.69, 9.17) is 20.8 Å². The fourth-order valence-electron chi connectivity index (χ4n) is 3.56. The highest BCUT2D eigenvalue weighted by Crippen LogP contribution is 2.20. The van der Waals surface area contributed by atoms with Gasteiger partial charge in [0.05, 0.1) is 10.9 Å². The van der Waals surface area contributed by atoms with Gasteiger partial charge in [-0.05, 0) is 24.6 Å². The van der Waals surface area contributed by atoms with Gasteiger partial charge in [-0.25, -0.2) is 4.79 Å². The van der Waals surface area contributed by atoms with Gasteiger partial charge in [-0.1, -0.05) is 12.2 Å². The normalized spacial score (nSPS) is 21.7. The molecule has 7 nitrogen and oxygen atoms in total. The number of hydrogen-bond donors (Lipinski definition) is 2. The van der Waals surface area contributed by atoms with Crippen molar-refractivity contribution in [2.45, 2.75) is 17.9 Å². The number of halogens is 1. The number of fused-ring (bicyclic) bond motifs is 1. The molecule has 2 aromatic rings. The van der Waals surface area contributed by atoms with Gasteiger partial charge >= 0.3 is 5.76 Å². The molecule has 2 aliphatic rings. The fraction of sp³-hybridized carbons (Fsp3) is 0.450. The topological polar surface area (TPSA) is 81.9 Å². The summed E-state index contributed by atoms with van der Waals surface area (Å²) >= 11 is 6.09. The monoisotopic (exact) mass is 405 g/mol. The lowest BCUT2D eigenvalue weighted by atomic mass is 10.1. The van der Waals surface area contributed by atoms with E-state index in [0.717, 1.165) is 32.6 Å². The van der Waals surface area contributed by atoms with Crippen molar-refractivity contribution in [3.63, 3.8) is 0 Å². The minimum Gasteiger partial charge on any atom is -0.491 e. The van der Waals surface area contributed by atoms with E-state index in [9.17, 15) is 9.90 Å². The number of aromatic amines is 1. The number of rotatable bonds is 6. The Kier molecular flexibility index (Phi) is 5.75. The van der Waals surface area contributed by atoms with Crippen LogP contribution in [0.1, 0.15) is 6.42 Å². The van der Waals surface area contributed by atoms with Gasteiger partial charge in [-0.15, -0.1) is 11.6 Å². The molecule has 0 saturated carbocycles. The maximum Gasteiger partial charge on any atom is 0.417 e. The highest BCUT2D eigenvalue weighted by atomic mass is 35.5. The third-order valence-electron chi connectivity index (χ3n) is 5.07. The maximum absolute atomic E-state index is 11.2. The van der Waals surface area contributed by atoms with Gasteiger partial charge in [0, 0.05) is 44.5 Å². The zero-order valence-electron chi connectivity index (χ0n) is 15.5. The van der Waals surface area contributed by atoms with Gasteiger partial charge < -0.3 is 19.2 Å². The molecule has 1 aliphatic carbocycles. The second-order valence-corrected chi connectivity index (χ2v) is 7.73. The minimum atomic E-state index is -0.591. The predicted molar refractivity (Wildman–Crippen MR) is 108 cm³/mol. The molecule has 2 atom stereocenters. The maximum atomic E-state index is 11.2. The Hall–Kier alpha value is -2.22. The summed E-state index contributed by atoms with van der Waals surface area (Å²) in [5.74, 6) is 0.0704. The molecule has 0 bridgehead atoms. The summed E-state index contributed by atoms with van der Waals surface area (Å²) in [5.41, 5.74) is 2.31. The Balaban J connectivity index is 1.22. The highest BCUT2D eigenvalue weighted by Gasteiger charge is 2.21. The summed E-state index contributed by atoms with van der Waals surface area (Å²) < 4.78 is 10.7. The Bertz CT molecular complexity index is 927. The van der Waals surface area contributed by atoms with Crippen molar-refractivity contribution < 1.29 is 14.3 Å². The van der Waals surface area contributed by atoms with Crippen LogP contribution in [0.5, 0.6) is 5.75 Å². The van der Waals surface area contributed by atoms with E-state index in [-0.39, 0.29) is 12.0 Å². The third-order valence-corrected chi connectivity index (χ3v) is 5.39. The first-order valence-corrected chi connectivity index (χ1v) is 9.94. The SMILES string of the molecule is O=c1[nH]c2ccc(OC[C@@H](O)CN3CCN(C4=CCC(Cl)C=C4)CC3)cc2o1. The molecule has 0 spiro atoms. The smallest absolute Gasteiger partial charge is 0.417 e. The average molecular weight is 406 g/mol. The Morgan fingerprint density at radius 2 is 2.14 bits per heavy atom. The zero-order valence-corrected chi connectivity index (χ0v) is 16.3. The molecule has 1 aromatic carbocycles. The quantitative estimate of drug-likeness (QED) is 0.715. The number of oxazole rings is 1. The van der Waals surface area contributed by atoms with E-state index in [2.05, 4.69) is 26.9 Å². The summed E-state index contributed by atoms with van der Waals surface area (Å²) in [5, 5.41) is 10.4. The molecule has 28 heavy (non-hydrogen) atoms. The lowest BCUT2D eigenvalue weighted by Gasteiger charge is -2.38. The van der Waals surface area contributed by atoms with Crippen molar-refractivity contribution in [2.24, 2.45) is 0 Å². The van der Waals surface area contributed by atoms with Crippen LogP contribution in [0.15, 0.2) is 51.3 Å². The Morgan fingerprint density at radius 3 is 2.89 bits per heavy atom. The molecule has 1 aromatic heterocycles. The van der Waals surface area contributed by atoms with Crippen molar-refractivity contribution in [3.05, 3.63) is 52.7 Å². The molecular weight excluding hydrogens is 382 g/mol. The lowest BCUT2D eigenvalue weighted by Crippen LogP contribution is -2.48. The molecule has 1 saturated heterocycles. The molecule has 8 heteroatoms. The van der Waals surface area contributed by atoms with Gasteiger partial charge in [0.25, 0.3) is 0 Å². The minimum absolute atomic E-state index is 0.106. The summed E-state index contributed by atoms with van der Waals surface area (Å²) in [7, 11) is 0. The van der Waals surface area contributed by atoms with Gasteiger partial charge in [-0.3, -0.25) is 9.88 Å². The second-order valence-electron chi connectivity index (χ2n) is 7.16. The van der Waals surface area contributed by atoms with Crippen molar-refractivity contribution in [1.82, 2.24) is 14.8 Å². The van der Waals surface area contributed by atoms with E-state index >= 15 is 0 Å². The summed E-state index contributed by atoms with van der Waals surface area (Å²) in [6.45, 7) is 4.40. The summed E-state index contributed by atoms with van der Waals surface area (Å²) in [6, 6.07) is 5.12. The molecule has 1 fully saturated rings. The molecule has 2 N–H and O–H groups in total. The number of ether oxygens (including phenoxy) is 1. The van der Waals surface area contributed by atoms with Crippen LogP contribution >= 0.6 is 11.6 Å². The van der Waals surface area contributed by atoms with Crippen LogP contribution in [0.4, 0.5) is 0 Å². The number of hydrogen-bond acceptors (Lipinski definition) is 6. The first-order chi connectivity index (χ1) is 13.6. The molecule has 1 aliphatic heterocycles. The van der Waals surface area contributed by atoms with E-state index in [1.807, 2.05) is 6.08 Å². The number of H-pyrrole nitrogens is 1. The number of piperazine rings is 1. The molecule has 150 valence electrons. The Morgan fingerprint density at radius 1 is 1.32 bits per heavy atom. The zero-order chi connectivity index (χ0) is 19.5. The van der Waals surface area contributed by atoms with E-state index in [1.54, 1.807) is 18.2 Å². The first kappa shape index (κ1) is 19.1. The van der Waals surface area contributed by atoms with Crippen LogP contribution in [0.25, 0.3) is 11.1 Å². The van der Waals surface area contributed by atoms with E-state index < -0.39 is 11.9 Å². The molecule has 0 radical (unpaired) electrons. The molecular formula is C20H24ClN3O4. The van der Waals surface area contributed by atoms with Gasteiger partial charge in [-0.2, -0.15) is 0 Å². The van der Waals surface area contributed by atoms with Crippen molar-refractivity contribution >= 4 is 22.7 Å². The highest BCUT2D eigenvalue weighted by molar-refractivity contribution is 6.22. The lowest BCUT2D eigenvalue weighted by molar-refractivity contribution is 0.0520. The van der Waals surface area contributed by atoms with Crippen molar-refractivity contribution in [1.29, 1.82) is 0 Å². The molecule has 1 unspecified atom stereocenters. The average Bonchev–Trinajstić information content (AvgIpc) is 3.07. The number of allylic oxidation sites excluding steroid dienone is 3. The number of β-amino-alcohol motifs (C(OH)–C–C–N with tert-alkyl or cyclic N) is 1.